The molecule has 2 aliphatic rings. The molecule has 2 saturated heterocycles. The minimum Gasteiger partial charge on any atom is -0.354 e. The minimum absolute atomic E-state index is 0.157. The van der Waals surface area contributed by atoms with Crippen molar-refractivity contribution in [2.45, 2.75) is 25.6 Å². The molecule has 1 spiro atoms. The van der Waals surface area contributed by atoms with E-state index in [9.17, 15) is 26.7 Å². The molecule has 0 N–H and O–H groups in total. The monoisotopic (exact) mass is 453 g/mol. The van der Waals surface area contributed by atoms with Gasteiger partial charge in [0, 0.05) is 43.4 Å². The first-order valence-corrected chi connectivity index (χ1v) is 9.69. The molecule has 3 aromatic heterocycles. The van der Waals surface area contributed by atoms with Gasteiger partial charge in [0.15, 0.2) is 5.65 Å². The van der Waals surface area contributed by atoms with E-state index in [0.717, 1.165) is 16.9 Å². The van der Waals surface area contributed by atoms with E-state index in [1.54, 1.807) is 0 Å². The first-order valence-electron chi connectivity index (χ1n) is 9.69. The van der Waals surface area contributed by atoms with Crippen molar-refractivity contribution < 1.29 is 26.7 Å². The lowest BCUT2D eigenvalue weighted by Crippen LogP contribution is -2.58. The van der Waals surface area contributed by atoms with Crippen molar-refractivity contribution in [2.75, 3.05) is 29.4 Å². The van der Waals surface area contributed by atoms with Gasteiger partial charge in [-0.2, -0.15) is 18.3 Å². The summed E-state index contributed by atoms with van der Waals surface area (Å²) in [6.45, 7) is 0.550. The summed E-state index contributed by atoms with van der Waals surface area (Å²) in [6, 6.07) is 2.25. The Kier molecular flexibility index (Phi) is 4.53. The van der Waals surface area contributed by atoms with Gasteiger partial charge in [-0.05, 0) is 12.1 Å². The van der Waals surface area contributed by atoms with E-state index >= 15 is 0 Å². The van der Waals surface area contributed by atoms with Gasteiger partial charge in [-0.25, -0.2) is 23.4 Å². The van der Waals surface area contributed by atoms with Gasteiger partial charge in [-0.3, -0.25) is 9.78 Å². The van der Waals surface area contributed by atoms with Gasteiger partial charge in [0.2, 0.25) is 5.91 Å². The topological polar surface area (TPSA) is 80.0 Å². The average molecular weight is 453 g/mol. The number of pyridine rings is 1. The maximum Gasteiger partial charge on any atom is 0.433 e. The van der Waals surface area contributed by atoms with Crippen LogP contribution >= 0.6 is 0 Å². The SMILES string of the molecule is O=C1CC2(CN(c3cnc4cnn(CC(F)F)c4n3)C2)CN1c1ccnc(C(F)(F)F)c1. The number of carbonyl (C=O) groups is 1. The Labute approximate surface area is 177 Å². The number of fused-ring (bicyclic) bond motifs is 1. The first kappa shape index (κ1) is 20.5. The summed E-state index contributed by atoms with van der Waals surface area (Å²) in [5, 5.41) is 3.89. The minimum atomic E-state index is -4.60. The van der Waals surface area contributed by atoms with Gasteiger partial charge >= 0.3 is 6.18 Å². The number of anilines is 2. The van der Waals surface area contributed by atoms with Crippen molar-refractivity contribution in [2.24, 2.45) is 5.41 Å². The van der Waals surface area contributed by atoms with Crippen LogP contribution in [0.25, 0.3) is 11.2 Å². The third-order valence-electron chi connectivity index (χ3n) is 5.69. The van der Waals surface area contributed by atoms with Gasteiger partial charge in [-0.15, -0.1) is 0 Å². The summed E-state index contributed by atoms with van der Waals surface area (Å²) >= 11 is 0. The fourth-order valence-electron chi connectivity index (χ4n) is 4.27. The fourth-order valence-corrected chi connectivity index (χ4v) is 4.27. The zero-order valence-corrected chi connectivity index (χ0v) is 16.4. The van der Waals surface area contributed by atoms with Crippen LogP contribution in [0.15, 0.2) is 30.7 Å². The molecule has 0 aromatic carbocycles. The maximum absolute atomic E-state index is 13.0. The van der Waals surface area contributed by atoms with Crippen molar-refractivity contribution in [1.29, 1.82) is 0 Å². The third kappa shape index (κ3) is 3.50. The van der Waals surface area contributed by atoms with Crippen molar-refractivity contribution in [3.63, 3.8) is 0 Å². The molecule has 5 rings (SSSR count). The lowest BCUT2D eigenvalue weighted by Gasteiger charge is -2.48. The van der Waals surface area contributed by atoms with Crippen LogP contribution in [0.3, 0.4) is 0 Å². The van der Waals surface area contributed by atoms with Gasteiger partial charge in [-0.1, -0.05) is 0 Å². The zero-order valence-electron chi connectivity index (χ0n) is 16.4. The van der Waals surface area contributed by atoms with Crippen LogP contribution in [-0.4, -0.2) is 56.7 Å². The largest absolute Gasteiger partial charge is 0.433 e. The number of hydrogen-bond donors (Lipinski definition) is 0. The van der Waals surface area contributed by atoms with E-state index in [0.29, 0.717) is 24.4 Å². The van der Waals surface area contributed by atoms with Crippen LogP contribution in [0.2, 0.25) is 0 Å². The van der Waals surface area contributed by atoms with Crippen molar-refractivity contribution >= 4 is 28.6 Å². The summed E-state index contributed by atoms with van der Waals surface area (Å²) < 4.78 is 65.5. The fraction of sp³-hybridized carbons (Fsp3) is 0.421. The Hall–Kier alpha value is -3.38. The van der Waals surface area contributed by atoms with Crippen LogP contribution in [-0.2, 0) is 17.5 Å². The Morgan fingerprint density at radius 1 is 1.12 bits per heavy atom. The Morgan fingerprint density at radius 3 is 2.62 bits per heavy atom. The second-order valence-electron chi connectivity index (χ2n) is 8.06. The number of nitrogens with zero attached hydrogens (tertiary/aromatic N) is 7. The molecule has 0 saturated carbocycles. The summed E-state index contributed by atoms with van der Waals surface area (Å²) in [7, 11) is 0. The molecule has 0 atom stereocenters. The molecule has 0 aliphatic carbocycles. The van der Waals surface area contributed by atoms with Gasteiger partial charge in [0.05, 0.1) is 12.4 Å². The molecule has 0 bridgehead atoms. The molecule has 0 radical (unpaired) electrons. The molecule has 168 valence electrons. The Balaban J connectivity index is 1.32. The molecule has 3 aromatic rings. The van der Waals surface area contributed by atoms with Crippen LogP contribution in [0.4, 0.5) is 33.5 Å². The molecule has 32 heavy (non-hydrogen) atoms. The lowest BCUT2D eigenvalue weighted by atomic mass is 9.79. The number of hydrogen-bond acceptors (Lipinski definition) is 6. The number of halogens is 5. The average Bonchev–Trinajstić information content (AvgIpc) is 3.27. The summed E-state index contributed by atoms with van der Waals surface area (Å²) in [4.78, 5) is 27.7. The summed E-state index contributed by atoms with van der Waals surface area (Å²) in [6.07, 6.45) is -3.08. The van der Waals surface area contributed by atoms with Gasteiger partial charge < -0.3 is 9.80 Å². The first-order chi connectivity index (χ1) is 15.1. The number of rotatable bonds is 4. The highest BCUT2D eigenvalue weighted by atomic mass is 19.4. The van der Waals surface area contributed by atoms with Crippen LogP contribution < -0.4 is 9.80 Å². The van der Waals surface area contributed by atoms with E-state index < -0.39 is 30.3 Å². The normalized spacial score (nSPS) is 18.2. The molecule has 8 nitrogen and oxygen atoms in total. The number of amides is 1. The van der Waals surface area contributed by atoms with Crippen molar-refractivity contribution in [3.05, 3.63) is 36.4 Å². The maximum atomic E-state index is 13.0. The standard InChI is InChI=1S/C19H16F5N7O/c20-14(21)7-31-17-12(5-27-31)26-6-15(28-17)29-8-18(9-29)4-16(32)30(10-18)11-1-2-25-13(3-11)19(22,23)24/h1-3,5-6,14H,4,7-10H2. The van der Waals surface area contributed by atoms with E-state index in [1.165, 1.54) is 23.4 Å². The van der Waals surface area contributed by atoms with E-state index in [2.05, 4.69) is 20.1 Å². The van der Waals surface area contributed by atoms with E-state index in [4.69, 9.17) is 0 Å². The van der Waals surface area contributed by atoms with Crippen LogP contribution in [0.5, 0.6) is 0 Å². The molecule has 1 amide bonds. The third-order valence-corrected chi connectivity index (χ3v) is 5.69. The molecular formula is C19H16F5N7O. The van der Waals surface area contributed by atoms with E-state index in [1.807, 2.05) is 4.90 Å². The highest BCUT2D eigenvalue weighted by Crippen LogP contribution is 2.43. The molecule has 0 unspecified atom stereocenters. The highest BCUT2D eigenvalue weighted by Gasteiger charge is 2.52. The van der Waals surface area contributed by atoms with Gasteiger partial charge in [0.1, 0.15) is 23.6 Å². The molecular weight excluding hydrogens is 437 g/mol. The zero-order chi connectivity index (χ0) is 22.7. The quantitative estimate of drug-likeness (QED) is 0.566. The van der Waals surface area contributed by atoms with Crippen molar-refractivity contribution in [3.8, 4) is 0 Å². The van der Waals surface area contributed by atoms with Crippen LogP contribution in [0, 0.1) is 5.41 Å². The second kappa shape index (κ2) is 7.07. The molecule has 2 fully saturated rings. The summed E-state index contributed by atoms with van der Waals surface area (Å²) in [5.74, 6) is 0.203. The Morgan fingerprint density at radius 2 is 1.91 bits per heavy atom. The smallest absolute Gasteiger partial charge is 0.354 e. The lowest BCUT2D eigenvalue weighted by molar-refractivity contribution is -0.141. The molecule has 2 aliphatic heterocycles. The van der Waals surface area contributed by atoms with Crippen LogP contribution in [0.1, 0.15) is 12.1 Å². The number of aromatic nitrogens is 5. The summed E-state index contributed by atoms with van der Waals surface area (Å²) in [5.41, 5.74) is -0.694. The molecule has 5 heterocycles. The number of carbonyl (C=O) groups excluding carboxylic acids is 1. The predicted octanol–water partition coefficient (Wildman–Crippen LogP) is 2.75. The highest BCUT2D eigenvalue weighted by molar-refractivity contribution is 5.97. The Bertz CT molecular complexity index is 1190. The van der Waals surface area contributed by atoms with Crippen molar-refractivity contribution in [1.82, 2.24) is 24.7 Å². The number of alkyl halides is 5. The van der Waals surface area contributed by atoms with Gasteiger partial charge in [0.25, 0.3) is 6.43 Å². The van der Waals surface area contributed by atoms with E-state index in [-0.39, 0.29) is 30.2 Å². The predicted molar refractivity (Wildman–Crippen MR) is 102 cm³/mol. The molecule has 13 heteroatoms. The second-order valence-corrected chi connectivity index (χ2v) is 8.06.